The van der Waals surface area contributed by atoms with Crippen molar-refractivity contribution >= 4 is 11.8 Å². The van der Waals surface area contributed by atoms with Crippen molar-refractivity contribution in [2.45, 2.75) is 45.3 Å². The molecule has 1 aromatic rings. The van der Waals surface area contributed by atoms with Gasteiger partial charge in [-0.25, -0.2) is 0 Å². The van der Waals surface area contributed by atoms with Crippen molar-refractivity contribution in [3.05, 3.63) is 35.4 Å². The maximum absolute atomic E-state index is 12.4. The maximum Gasteiger partial charge on any atom is 0.224 e. The van der Waals surface area contributed by atoms with Crippen molar-refractivity contribution < 1.29 is 14.7 Å². The number of aryl methyl sites for hydroxylation is 1. The van der Waals surface area contributed by atoms with Gasteiger partial charge in [0.2, 0.25) is 11.8 Å². The van der Waals surface area contributed by atoms with Crippen LogP contribution in [0.4, 0.5) is 0 Å². The Labute approximate surface area is 131 Å². The Morgan fingerprint density at radius 3 is 2.41 bits per heavy atom. The van der Waals surface area contributed by atoms with E-state index in [1.807, 2.05) is 31.2 Å². The van der Waals surface area contributed by atoms with Gasteiger partial charge in [0.1, 0.15) is 0 Å². The highest BCUT2D eigenvalue weighted by Crippen LogP contribution is 2.20. The van der Waals surface area contributed by atoms with Crippen molar-refractivity contribution in [2.24, 2.45) is 0 Å². The molecule has 0 radical (unpaired) electrons. The lowest BCUT2D eigenvalue weighted by Crippen LogP contribution is -2.41. The highest BCUT2D eigenvalue weighted by molar-refractivity contribution is 5.79. The van der Waals surface area contributed by atoms with Gasteiger partial charge >= 0.3 is 0 Å². The molecule has 1 fully saturated rings. The number of hydrogen-bond donors (Lipinski definition) is 2. The van der Waals surface area contributed by atoms with Crippen molar-refractivity contribution in [1.82, 2.24) is 10.2 Å². The molecule has 120 valence electrons. The fourth-order valence-electron chi connectivity index (χ4n) is 2.72. The van der Waals surface area contributed by atoms with E-state index in [1.54, 1.807) is 4.90 Å². The summed E-state index contributed by atoms with van der Waals surface area (Å²) < 4.78 is 0. The van der Waals surface area contributed by atoms with Gasteiger partial charge in [0.05, 0.1) is 18.6 Å². The summed E-state index contributed by atoms with van der Waals surface area (Å²) in [7, 11) is 0. The van der Waals surface area contributed by atoms with E-state index in [0.717, 1.165) is 11.1 Å². The van der Waals surface area contributed by atoms with E-state index >= 15 is 0 Å². The number of carbonyl (C=O) groups excluding carboxylic acids is 2. The van der Waals surface area contributed by atoms with Crippen LogP contribution in [0.3, 0.4) is 0 Å². The standard InChI is InChI=1S/C17H24N2O3/c1-12-3-5-14(6-4-12)16(18-13(2)20)11-17(22)19-9-7-15(21)8-10-19/h3-6,15-16,21H,7-11H2,1-2H3,(H,18,20). The maximum atomic E-state index is 12.4. The number of carbonyl (C=O) groups is 2. The fourth-order valence-corrected chi connectivity index (χ4v) is 2.72. The number of amides is 2. The summed E-state index contributed by atoms with van der Waals surface area (Å²) in [5.41, 5.74) is 2.08. The van der Waals surface area contributed by atoms with Gasteiger partial charge in [-0.15, -0.1) is 0 Å². The number of nitrogens with zero attached hydrogens (tertiary/aromatic N) is 1. The molecule has 1 aliphatic heterocycles. The molecule has 0 bridgehead atoms. The molecule has 1 saturated heterocycles. The van der Waals surface area contributed by atoms with Gasteiger partial charge in [0.15, 0.2) is 0 Å². The lowest BCUT2D eigenvalue weighted by Gasteiger charge is -2.31. The normalized spacial score (nSPS) is 17.1. The number of piperidine rings is 1. The highest BCUT2D eigenvalue weighted by atomic mass is 16.3. The molecule has 1 aromatic carbocycles. The quantitative estimate of drug-likeness (QED) is 0.886. The molecule has 22 heavy (non-hydrogen) atoms. The molecule has 0 saturated carbocycles. The number of aliphatic hydroxyl groups excluding tert-OH is 1. The molecule has 2 amide bonds. The minimum absolute atomic E-state index is 0.0197. The van der Waals surface area contributed by atoms with Crippen LogP contribution in [0, 0.1) is 6.92 Å². The van der Waals surface area contributed by atoms with Crippen molar-refractivity contribution in [3.8, 4) is 0 Å². The van der Waals surface area contributed by atoms with Crippen LogP contribution in [-0.4, -0.2) is 41.0 Å². The van der Waals surface area contributed by atoms with E-state index in [4.69, 9.17) is 0 Å². The molecule has 0 spiro atoms. The summed E-state index contributed by atoms with van der Waals surface area (Å²) in [5.74, 6) is -0.126. The van der Waals surface area contributed by atoms with Crippen LogP contribution in [0.15, 0.2) is 24.3 Å². The molecular formula is C17H24N2O3. The Morgan fingerprint density at radius 2 is 1.86 bits per heavy atom. The molecule has 5 nitrogen and oxygen atoms in total. The largest absolute Gasteiger partial charge is 0.393 e. The van der Waals surface area contributed by atoms with Crippen molar-refractivity contribution in [1.29, 1.82) is 0 Å². The second-order valence-corrected chi connectivity index (χ2v) is 5.98. The number of rotatable bonds is 4. The van der Waals surface area contributed by atoms with Crippen LogP contribution in [0.25, 0.3) is 0 Å². The van der Waals surface area contributed by atoms with E-state index in [-0.39, 0.29) is 30.4 Å². The molecule has 1 unspecified atom stereocenters. The first-order valence-electron chi connectivity index (χ1n) is 7.75. The second kappa shape index (κ2) is 7.40. The molecule has 1 aliphatic rings. The average molecular weight is 304 g/mol. The van der Waals surface area contributed by atoms with Crippen LogP contribution in [0.5, 0.6) is 0 Å². The van der Waals surface area contributed by atoms with Gasteiger partial charge in [0.25, 0.3) is 0 Å². The monoisotopic (exact) mass is 304 g/mol. The lowest BCUT2D eigenvalue weighted by molar-refractivity contribution is -0.134. The number of aliphatic hydroxyl groups is 1. The zero-order chi connectivity index (χ0) is 16.1. The van der Waals surface area contributed by atoms with E-state index in [9.17, 15) is 14.7 Å². The predicted molar refractivity (Wildman–Crippen MR) is 84.2 cm³/mol. The van der Waals surface area contributed by atoms with E-state index in [1.165, 1.54) is 6.92 Å². The second-order valence-electron chi connectivity index (χ2n) is 5.98. The predicted octanol–water partition coefficient (Wildman–Crippen LogP) is 1.55. The van der Waals surface area contributed by atoms with Gasteiger partial charge < -0.3 is 15.3 Å². The third kappa shape index (κ3) is 4.56. The van der Waals surface area contributed by atoms with Gasteiger partial charge in [-0.1, -0.05) is 29.8 Å². The Bertz CT molecular complexity index is 519. The molecule has 1 heterocycles. The molecule has 2 N–H and O–H groups in total. The van der Waals surface area contributed by atoms with Crippen LogP contribution in [-0.2, 0) is 9.59 Å². The van der Waals surface area contributed by atoms with Gasteiger partial charge in [-0.05, 0) is 25.3 Å². The van der Waals surface area contributed by atoms with Crippen molar-refractivity contribution in [2.75, 3.05) is 13.1 Å². The smallest absolute Gasteiger partial charge is 0.224 e. The minimum atomic E-state index is -0.308. The number of nitrogens with one attached hydrogen (secondary N) is 1. The lowest BCUT2D eigenvalue weighted by atomic mass is 10.0. The number of likely N-dealkylation sites (tertiary alicyclic amines) is 1. The molecule has 5 heteroatoms. The molecule has 0 aromatic heterocycles. The third-order valence-electron chi connectivity index (χ3n) is 4.05. The van der Waals surface area contributed by atoms with Gasteiger partial charge in [-0.2, -0.15) is 0 Å². The first-order chi connectivity index (χ1) is 10.5. The van der Waals surface area contributed by atoms with Crippen molar-refractivity contribution in [3.63, 3.8) is 0 Å². The zero-order valence-electron chi connectivity index (χ0n) is 13.2. The summed E-state index contributed by atoms with van der Waals surface area (Å²) >= 11 is 0. The van der Waals surface area contributed by atoms with E-state index in [2.05, 4.69) is 5.32 Å². The van der Waals surface area contributed by atoms with Crippen LogP contribution < -0.4 is 5.32 Å². The zero-order valence-corrected chi connectivity index (χ0v) is 13.2. The SMILES string of the molecule is CC(=O)NC(CC(=O)N1CCC(O)CC1)c1ccc(C)cc1. The Morgan fingerprint density at radius 1 is 1.27 bits per heavy atom. The average Bonchev–Trinajstić information content (AvgIpc) is 2.47. The Kier molecular flexibility index (Phi) is 5.55. The van der Waals surface area contributed by atoms with Crippen LogP contribution >= 0.6 is 0 Å². The van der Waals surface area contributed by atoms with Crippen LogP contribution in [0.1, 0.15) is 43.4 Å². The number of benzene rings is 1. The summed E-state index contributed by atoms with van der Waals surface area (Å²) in [5, 5.41) is 12.4. The molecule has 0 aliphatic carbocycles. The van der Waals surface area contributed by atoms with Crippen LogP contribution in [0.2, 0.25) is 0 Å². The Hall–Kier alpha value is -1.88. The number of hydrogen-bond acceptors (Lipinski definition) is 3. The highest BCUT2D eigenvalue weighted by Gasteiger charge is 2.24. The Balaban J connectivity index is 2.04. The third-order valence-corrected chi connectivity index (χ3v) is 4.05. The summed E-state index contributed by atoms with van der Waals surface area (Å²) in [4.78, 5) is 25.6. The summed E-state index contributed by atoms with van der Waals surface area (Å²) in [6, 6.07) is 7.54. The first kappa shape index (κ1) is 16.5. The fraction of sp³-hybridized carbons (Fsp3) is 0.529. The van der Waals surface area contributed by atoms with E-state index in [0.29, 0.717) is 25.9 Å². The van der Waals surface area contributed by atoms with E-state index < -0.39 is 0 Å². The first-order valence-corrected chi connectivity index (χ1v) is 7.75. The molecule has 2 rings (SSSR count). The van der Waals surface area contributed by atoms with Gasteiger partial charge in [0, 0.05) is 20.0 Å². The topological polar surface area (TPSA) is 69.6 Å². The minimum Gasteiger partial charge on any atom is -0.393 e. The summed E-state index contributed by atoms with van der Waals surface area (Å²) in [6.07, 6.45) is 1.20. The molecule has 1 atom stereocenters. The summed E-state index contributed by atoms with van der Waals surface area (Å²) in [6.45, 7) is 4.63. The van der Waals surface area contributed by atoms with Gasteiger partial charge in [-0.3, -0.25) is 9.59 Å². The molecular weight excluding hydrogens is 280 g/mol.